The second kappa shape index (κ2) is 7.74. The van der Waals surface area contributed by atoms with Gasteiger partial charge in [-0.25, -0.2) is 4.68 Å². The minimum absolute atomic E-state index is 0.133. The Morgan fingerprint density at radius 2 is 1.89 bits per heavy atom. The van der Waals surface area contributed by atoms with Gasteiger partial charge in [0.25, 0.3) is 0 Å². The first kappa shape index (κ1) is 18.1. The maximum absolute atomic E-state index is 12.6. The van der Waals surface area contributed by atoms with Gasteiger partial charge in [-0.3, -0.25) is 4.79 Å². The van der Waals surface area contributed by atoms with Crippen molar-refractivity contribution in [1.29, 1.82) is 0 Å². The Balaban J connectivity index is 1.54. The van der Waals surface area contributed by atoms with Crippen LogP contribution in [0, 0.1) is 0 Å². The lowest BCUT2D eigenvalue weighted by Crippen LogP contribution is -2.18. The van der Waals surface area contributed by atoms with Gasteiger partial charge in [0.2, 0.25) is 5.91 Å². The van der Waals surface area contributed by atoms with Crippen molar-refractivity contribution in [2.24, 2.45) is 0 Å². The van der Waals surface area contributed by atoms with E-state index in [0.29, 0.717) is 30.4 Å². The van der Waals surface area contributed by atoms with Crippen molar-refractivity contribution in [3.8, 4) is 17.2 Å². The zero-order valence-corrected chi connectivity index (χ0v) is 17.3. The van der Waals surface area contributed by atoms with Crippen LogP contribution in [0.15, 0.2) is 57.7 Å². The van der Waals surface area contributed by atoms with Crippen molar-refractivity contribution in [3.63, 3.8) is 0 Å². The fourth-order valence-electron chi connectivity index (χ4n) is 2.82. The number of anilines is 1. The summed E-state index contributed by atoms with van der Waals surface area (Å²) in [5.41, 5.74) is 2.31. The first-order valence-corrected chi connectivity index (χ1v) is 9.86. The molecular weight excluding hydrogens is 478 g/mol. The summed E-state index contributed by atoms with van der Waals surface area (Å²) in [4.78, 5) is 12.6. The van der Waals surface area contributed by atoms with Gasteiger partial charge in [-0.1, -0.05) is 28.1 Å². The Morgan fingerprint density at radius 3 is 2.63 bits per heavy atom. The summed E-state index contributed by atoms with van der Waals surface area (Å²) in [5, 5.41) is 7.25. The lowest BCUT2D eigenvalue weighted by atomic mass is 10.1. The van der Waals surface area contributed by atoms with Crippen LogP contribution in [0.3, 0.4) is 0 Å². The monoisotopic (exact) mass is 491 g/mol. The van der Waals surface area contributed by atoms with Gasteiger partial charge < -0.3 is 14.8 Å². The molecule has 0 fully saturated rings. The van der Waals surface area contributed by atoms with E-state index in [-0.39, 0.29) is 12.3 Å². The molecule has 2 aromatic carbocycles. The van der Waals surface area contributed by atoms with Crippen LogP contribution < -0.4 is 14.8 Å². The molecule has 1 aliphatic rings. The second-order valence-electron chi connectivity index (χ2n) is 5.93. The molecule has 27 heavy (non-hydrogen) atoms. The SMILES string of the molecule is O=C(Cc1cc2c(cc1Br)OCCO2)Nc1ccccc1-n1cc(Br)cn1. The number of hydrogen-bond donors (Lipinski definition) is 1. The molecule has 4 rings (SSSR count). The molecule has 3 aromatic rings. The number of carbonyl (C=O) groups excluding carboxylic acids is 1. The Hall–Kier alpha value is -2.32. The molecule has 1 N–H and O–H groups in total. The Morgan fingerprint density at radius 1 is 1.15 bits per heavy atom. The molecule has 0 unspecified atom stereocenters. The number of para-hydroxylation sites is 2. The molecule has 0 aliphatic carbocycles. The third kappa shape index (κ3) is 4.01. The molecule has 138 valence electrons. The number of fused-ring (bicyclic) bond motifs is 1. The highest BCUT2D eigenvalue weighted by Crippen LogP contribution is 2.35. The van der Waals surface area contributed by atoms with Gasteiger partial charge in [0, 0.05) is 10.7 Å². The number of ether oxygens (including phenoxy) is 2. The summed E-state index contributed by atoms with van der Waals surface area (Å²) in [6.45, 7) is 1.03. The summed E-state index contributed by atoms with van der Waals surface area (Å²) >= 11 is 6.90. The molecule has 0 saturated carbocycles. The summed E-state index contributed by atoms with van der Waals surface area (Å²) < 4.78 is 14.5. The standard InChI is InChI=1S/C19H15Br2N3O3/c20-13-10-22-24(11-13)16-4-2-1-3-15(16)23-19(25)8-12-7-17-18(9-14(12)21)27-6-5-26-17/h1-4,7,9-11H,5-6,8H2,(H,23,25). The molecule has 0 radical (unpaired) electrons. The van der Waals surface area contributed by atoms with Crippen molar-refractivity contribution >= 4 is 43.5 Å². The number of aromatic nitrogens is 2. The quantitative estimate of drug-likeness (QED) is 0.588. The average Bonchev–Trinajstić information content (AvgIpc) is 3.09. The zero-order chi connectivity index (χ0) is 18.8. The van der Waals surface area contributed by atoms with Crippen LogP contribution in [-0.4, -0.2) is 28.9 Å². The minimum Gasteiger partial charge on any atom is -0.486 e. The number of nitrogens with zero attached hydrogens (tertiary/aromatic N) is 2. The molecule has 1 aromatic heterocycles. The van der Waals surface area contributed by atoms with E-state index in [1.807, 2.05) is 42.6 Å². The van der Waals surface area contributed by atoms with Gasteiger partial charge in [0.05, 0.1) is 28.5 Å². The molecule has 6 nitrogen and oxygen atoms in total. The molecule has 8 heteroatoms. The number of carbonyl (C=O) groups is 1. The topological polar surface area (TPSA) is 65.4 Å². The van der Waals surface area contributed by atoms with Crippen LogP contribution in [-0.2, 0) is 11.2 Å². The molecule has 0 bridgehead atoms. The smallest absolute Gasteiger partial charge is 0.228 e. The zero-order valence-electron chi connectivity index (χ0n) is 14.1. The fraction of sp³-hybridized carbons (Fsp3) is 0.158. The summed E-state index contributed by atoms with van der Waals surface area (Å²) in [6, 6.07) is 11.2. The predicted octanol–water partition coefficient (Wildman–Crippen LogP) is 4.35. The van der Waals surface area contributed by atoms with Gasteiger partial charge in [-0.05, 0) is 45.8 Å². The Labute approximate surface area is 172 Å². The van der Waals surface area contributed by atoms with Crippen molar-refractivity contribution in [1.82, 2.24) is 9.78 Å². The van der Waals surface area contributed by atoms with Crippen LogP contribution in [0.25, 0.3) is 5.69 Å². The van der Waals surface area contributed by atoms with Crippen molar-refractivity contribution < 1.29 is 14.3 Å². The summed E-state index contributed by atoms with van der Waals surface area (Å²) in [6.07, 6.45) is 3.74. The molecule has 1 aliphatic heterocycles. The van der Waals surface area contributed by atoms with Crippen LogP contribution in [0.2, 0.25) is 0 Å². The molecule has 0 saturated heterocycles. The average molecular weight is 493 g/mol. The van der Waals surface area contributed by atoms with Gasteiger partial charge >= 0.3 is 0 Å². The number of amides is 1. The molecule has 0 atom stereocenters. The van der Waals surface area contributed by atoms with E-state index in [1.54, 1.807) is 10.9 Å². The first-order chi connectivity index (χ1) is 13.1. The predicted molar refractivity (Wildman–Crippen MR) is 109 cm³/mol. The summed E-state index contributed by atoms with van der Waals surface area (Å²) in [5.74, 6) is 1.21. The van der Waals surface area contributed by atoms with Crippen molar-refractivity contribution in [3.05, 3.63) is 63.3 Å². The van der Waals surface area contributed by atoms with E-state index >= 15 is 0 Å². The van der Waals surface area contributed by atoms with Gasteiger partial charge in [0.15, 0.2) is 11.5 Å². The highest BCUT2D eigenvalue weighted by Gasteiger charge is 2.17. The van der Waals surface area contributed by atoms with E-state index in [4.69, 9.17) is 9.47 Å². The number of nitrogens with one attached hydrogen (secondary N) is 1. The number of halogens is 2. The van der Waals surface area contributed by atoms with Crippen LogP contribution in [0.1, 0.15) is 5.56 Å². The molecule has 2 heterocycles. The van der Waals surface area contributed by atoms with Crippen LogP contribution >= 0.6 is 31.9 Å². The van der Waals surface area contributed by atoms with E-state index < -0.39 is 0 Å². The number of hydrogen-bond acceptors (Lipinski definition) is 4. The third-order valence-electron chi connectivity index (χ3n) is 4.04. The second-order valence-corrected chi connectivity index (χ2v) is 7.70. The molecular formula is C19H15Br2N3O3. The van der Waals surface area contributed by atoms with E-state index in [1.165, 1.54) is 0 Å². The van der Waals surface area contributed by atoms with E-state index in [2.05, 4.69) is 42.3 Å². The molecule has 0 spiro atoms. The first-order valence-electron chi connectivity index (χ1n) is 8.27. The Kier molecular flexibility index (Phi) is 5.18. The minimum atomic E-state index is -0.133. The lowest BCUT2D eigenvalue weighted by molar-refractivity contribution is -0.115. The highest BCUT2D eigenvalue weighted by molar-refractivity contribution is 9.10. The van der Waals surface area contributed by atoms with E-state index in [0.717, 1.165) is 20.2 Å². The van der Waals surface area contributed by atoms with Gasteiger partial charge in [0.1, 0.15) is 13.2 Å². The van der Waals surface area contributed by atoms with Gasteiger partial charge in [-0.15, -0.1) is 0 Å². The van der Waals surface area contributed by atoms with Crippen LogP contribution in [0.4, 0.5) is 5.69 Å². The Bertz CT molecular complexity index is 1000. The van der Waals surface area contributed by atoms with E-state index in [9.17, 15) is 4.79 Å². The number of rotatable bonds is 4. The summed E-state index contributed by atoms with van der Waals surface area (Å²) in [7, 11) is 0. The largest absolute Gasteiger partial charge is 0.486 e. The fourth-order valence-corrected chi connectivity index (χ4v) is 3.57. The highest BCUT2D eigenvalue weighted by atomic mass is 79.9. The third-order valence-corrected chi connectivity index (χ3v) is 5.19. The number of benzene rings is 2. The lowest BCUT2D eigenvalue weighted by Gasteiger charge is -2.20. The van der Waals surface area contributed by atoms with Crippen molar-refractivity contribution in [2.45, 2.75) is 6.42 Å². The van der Waals surface area contributed by atoms with Crippen LogP contribution in [0.5, 0.6) is 11.5 Å². The molecule has 1 amide bonds. The normalized spacial score (nSPS) is 12.7. The maximum atomic E-state index is 12.6. The maximum Gasteiger partial charge on any atom is 0.228 e. The van der Waals surface area contributed by atoms with Gasteiger partial charge in [-0.2, -0.15) is 5.10 Å². The van der Waals surface area contributed by atoms with Crippen molar-refractivity contribution in [2.75, 3.05) is 18.5 Å².